The van der Waals surface area contributed by atoms with E-state index >= 15 is 0 Å². The molecule has 1 aromatic carbocycles. The van der Waals surface area contributed by atoms with Gasteiger partial charge >= 0.3 is 0 Å². The first-order chi connectivity index (χ1) is 15.9. The lowest BCUT2D eigenvalue weighted by molar-refractivity contribution is 0.0792. The molecular weight excluding hydrogens is 408 g/mol. The molecule has 5 nitrogen and oxygen atoms in total. The molecule has 2 aromatic rings. The Labute approximate surface area is 196 Å². The van der Waals surface area contributed by atoms with Crippen LogP contribution in [0.2, 0.25) is 0 Å². The molecule has 170 valence electrons. The number of amides is 1. The minimum atomic E-state index is 0.149. The molecule has 5 heteroatoms. The minimum Gasteiger partial charge on any atom is -0.382 e. The number of hydrogen-bond acceptors (Lipinski definition) is 4. The van der Waals surface area contributed by atoms with Crippen LogP contribution in [0.4, 0.5) is 0 Å². The van der Waals surface area contributed by atoms with Crippen molar-refractivity contribution in [2.75, 3.05) is 19.6 Å². The molecule has 1 aromatic heterocycles. The molecule has 0 aliphatic carbocycles. The molecule has 4 rings (SSSR count). The number of hydrogen-bond donors (Lipinski definition) is 1. The molecule has 0 unspecified atom stereocenters. The normalized spacial score (nSPS) is 18.8. The summed E-state index contributed by atoms with van der Waals surface area (Å²) in [5, 5.41) is 0. The molecule has 3 heterocycles. The quantitative estimate of drug-likeness (QED) is 0.752. The maximum absolute atomic E-state index is 12.7. The number of benzene rings is 1. The van der Waals surface area contributed by atoms with E-state index in [0.29, 0.717) is 18.1 Å². The lowest BCUT2D eigenvalue weighted by Gasteiger charge is -2.16. The summed E-state index contributed by atoms with van der Waals surface area (Å²) in [6, 6.07) is 8.21. The van der Waals surface area contributed by atoms with Gasteiger partial charge in [0.1, 0.15) is 11.5 Å². The van der Waals surface area contributed by atoms with Crippen LogP contribution in [0.15, 0.2) is 65.8 Å². The van der Waals surface area contributed by atoms with Crippen LogP contribution < -0.4 is 5.73 Å². The van der Waals surface area contributed by atoms with E-state index in [4.69, 9.17) is 5.73 Å². The predicted molar refractivity (Wildman–Crippen MR) is 135 cm³/mol. The van der Waals surface area contributed by atoms with Gasteiger partial charge in [0.2, 0.25) is 0 Å². The molecule has 0 atom stereocenters. The summed E-state index contributed by atoms with van der Waals surface area (Å²) in [6.45, 7) is 10.6. The number of carbonyl (C=O) groups is 1. The van der Waals surface area contributed by atoms with Crippen molar-refractivity contribution in [3.63, 3.8) is 0 Å². The van der Waals surface area contributed by atoms with Crippen molar-refractivity contribution in [2.45, 2.75) is 39.5 Å². The maximum atomic E-state index is 12.7. The van der Waals surface area contributed by atoms with Crippen LogP contribution in [0.5, 0.6) is 0 Å². The van der Waals surface area contributed by atoms with E-state index in [0.717, 1.165) is 72.2 Å². The second kappa shape index (κ2) is 9.99. The Morgan fingerprint density at radius 1 is 1.12 bits per heavy atom. The Hall–Kier alpha value is -3.47. The van der Waals surface area contributed by atoms with Gasteiger partial charge in [-0.2, -0.15) is 0 Å². The molecule has 0 spiro atoms. The lowest BCUT2D eigenvalue weighted by atomic mass is 9.96. The van der Waals surface area contributed by atoms with Gasteiger partial charge in [0, 0.05) is 30.4 Å². The Morgan fingerprint density at radius 3 is 2.67 bits per heavy atom. The second-order valence-corrected chi connectivity index (χ2v) is 8.91. The fourth-order valence-corrected chi connectivity index (χ4v) is 4.34. The highest BCUT2D eigenvalue weighted by Gasteiger charge is 2.20. The topological polar surface area (TPSA) is 71.6 Å². The fourth-order valence-electron chi connectivity index (χ4n) is 4.34. The van der Waals surface area contributed by atoms with Gasteiger partial charge in [-0.05, 0) is 80.0 Å². The smallest absolute Gasteiger partial charge is 0.253 e. The van der Waals surface area contributed by atoms with Crippen LogP contribution in [0.3, 0.4) is 0 Å². The molecule has 2 aliphatic rings. The van der Waals surface area contributed by atoms with Crippen molar-refractivity contribution in [3.05, 3.63) is 94.4 Å². The first kappa shape index (κ1) is 22.7. The Balaban J connectivity index is 1.51. The van der Waals surface area contributed by atoms with Gasteiger partial charge < -0.3 is 10.6 Å². The summed E-state index contributed by atoms with van der Waals surface area (Å²) < 4.78 is 0. The lowest BCUT2D eigenvalue weighted by Crippen LogP contribution is -2.27. The van der Waals surface area contributed by atoms with Crippen molar-refractivity contribution < 1.29 is 4.79 Å². The number of amidine groups is 1. The number of fused-ring (bicyclic) bond motifs is 1. The van der Waals surface area contributed by atoms with Gasteiger partial charge in [0.25, 0.3) is 5.91 Å². The number of aryl methyl sites for hydroxylation is 3. The van der Waals surface area contributed by atoms with Crippen LogP contribution in [0.1, 0.15) is 58.1 Å². The van der Waals surface area contributed by atoms with Crippen molar-refractivity contribution in [1.29, 1.82) is 0 Å². The van der Waals surface area contributed by atoms with Crippen LogP contribution >= 0.6 is 0 Å². The third-order valence-electron chi connectivity index (χ3n) is 6.42. The number of allylic oxidation sites excluding steroid dienone is 4. The van der Waals surface area contributed by atoms with E-state index in [-0.39, 0.29) is 5.91 Å². The van der Waals surface area contributed by atoms with E-state index in [1.165, 1.54) is 5.56 Å². The standard InChI is InChI=1S/C28H32N4O/c1-19-6-7-20(2)25-17-22(18-31-26(25)27(29)30-13-12-19)8-9-23-10-11-24(16-21(23)3)28(33)32-14-4-5-15-32/h6-7,10-12,16-18H,2,4-5,8-9,13-15H2,1,3H3,(H2,29,30)/b7-6-,19-12-. The molecule has 2 N–H and O–H groups in total. The molecule has 0 bridgehead atoms. The van der Waals surface area contributed by atoms with E-state index in [9.17, 15) is 4.79 Å². The zero-order valence-corrected chi connectivity index (χ0v) is 19.6. The molecule has 1 fully saturated rings. The SMILES string of the molecule is C=C1/C=C\C(C)=C/CN=C(N)c2ncc(CCc3ccc(C(=O)N4CCCC4)cc3C)cc21. The van der Waals surface area contributed by atoms with Gasteiger partial charge in [-0.1, -0.05) is 36.4 Å². The molecule has 33 heavy (non-hydrogen) atoms. The number of pyridine rings is 1. The van der Waals surface area contributed by atoms with Crippen molar-refractivity contribution in [1.82, 2.24) is 9.88 Å². The van der Waals surface area contributed by atoms with Crippen LogP contribution in [-0.4, -0.2) is 41.3 Å². The van der Waals surface area contributed by atoms with Crippen molar-refractivity contribution in [3.8, 4) is 0 Å². The summed E-state index contributed by atoms with van der Waals surface area (Å²) >= 11 is 0. The highest BCUT2D eigenvalue weighted by atomic mass is 16.2. The molecule has 0 saturated carbocycles. The highest BCUT2D eigenvalue weighted by molar-refractivity contribution is 6.01. The van der Waals surface area contributed by atoms with Gasteiger partial charge in [-0.3, -0.25) is 14.8 Å². The molecule has 2 aliphatic heterocycles. The average Bonchev–Trinajstić information content (AvgIpc) is 3.35. The zero-order valence-electron chi connectivity index (χ0n) is 19.6. The second-order valence-electron chi connectivity index (χ2n) is 8.91. The van der Waals surface area contributed by atoms with E-state index in [2.05, 4.69) is 35.6 Å². The fraction of sp³-hybridized carbons (Fsp3) is 0.321. The number of likely N-dealkylation sites (tertiary alicyclic amines) is 1. The van der Waals surface area contributed by atoms with E-state index in [1.807, 2.05) is 48.4 Å². The maximum Gasteiger partial charge on any atom is 0.253 e. The van der Waals surface area contributed by atoms with Gasteiger partial charge in [0.15, 0.2) is 0 Å². The summed E-state index contributed by atoms with van der Waals surface area (Å²) in [5.74, 6) is 0.585. The third kappa shape index (κ3) is 5.30. The molecular formula is C28H32N4O. The number of carbonyl (C=O) groups excluding carboxylic acids is 1. The molecule has 1 amide bonds. The Bertz CT molecular complexity index is 1170. The summed E-state index contributed by atoms with van der Waals surface area (Å²) in [6.07, 6.45) is 11.9. The number of aromatic nitrogens is 1. The average molecular weight is 441 g/mol. The third-order valence-corrected chi connectivity index (χ3v) is 6.42. The Morgan fingerprint density at radius 2 is 1.91 bits per heavy atom. The van der Waals surface area contributed by atoms with E-state index < -0.39 is 0 Å². The minimum absolute atomic E-state index is 0.149. The number of aliphatic imine (C=N–C) groups is 1. The van der Waals surface area contributed by atoms with E-state index in [1.54, 1.807) is 0 Å². The van der Waals surface area contributed by atoms with Gasteiger partial charge in [-0.25, -0.2) is 0 Å². The summed E-state index contributed by atoms with van der Waals surface area (Å²) in [4.78, 5) is 23.7. The first-order valence-electron chi connectivity index (χ1n) is 11.6. The van der Waals surface area contributed by atoms with Crippen molar-refractivity contribution >= 4 is 17.3 Å². The summed E-state index contributed by atoms with van der Waals surface area (Å²) in [5.41, 5.74) is 14.1. The van der Waals surface area contributed by atoms with Crippen LogP contribution in [0.25, 0.3) is 5.57 Å². The number of nitrogens with zero attached hydrogens (tertiary/aromatic N) is 3. The summed E-state index contributed by atoms with van der Waals surface area (Å²) in [7, 11) is 0. The number of rotatable bonds is 4. The molecule has 0 radical (unpaired) electrons. The first-order valence-corrected chi connectivity index (χ1v) is 11.6. The largest absolute Gasteiger partial charge is 0.382 e. The zero-order chi connectivity index (χ0) is 23.4. The Kier molecular flexibility index (Phi) is 6.87. The van der Waals surface area contributed by atoms with Crippen LogP contribution in [-0.2, 0) is 12.8 Å². The monoisotopic (exact) mass is 440 g/mol. The van der Waals surface area contributed by atoms with Crippen LogP contribution in [0, 0.1) is 6.92 Å². The molecule has 1 saturated heterocycles. The van der Waals surface area contributed by atoms with Crippen molar-refractivity contribution in [2.24, 2.45) is 10.7 Å². The van der Waals surface area contributed by atoms with Gasteiger partial charge in [0.05, 0.1) is 6.54 Å². The highest BCUT2D eigenvalue weighted by Crippen LogP contribution is 2.23. The van der Waals surface area contributed by atoms with Gasteiger partial charge in [-0.15, -0.1) is 0 Å². The number of nitrogens with two attached hydrogens (primary N) is 1. The predicted octanol–water partition coefficient (Wildman–Crippen LogP) is 4.65.